The summed E-state index contributed by atoms with van der Waals surface area (Å²) in [7, 11) is 1.38. The number of rotatable bonds is 5. The Morgan fingerprint density at radius 1 is 1.36 bits per heavy atom. The smallest absolute Gasteiger partial charge is 0.307 e. The van der Waals surface area contributed by atoms with Gasteiger partial charge in [0.15, 0.2) is 0 Å². The average molecular weight is 308 g/mol. The summed E-state index contributed by atoms with van der Waals surface area (Å²) in [5.74, 6) is -0.794. The number of esters is 1. The number of hydrogen-bond donors (Lipinski definition) is 1. The van der Waals surface area contributed by atoms with Crippen molar-refractivity contribution in [3.05, 3.63) is 18.0 Å². The van der Waals surface area contributed by atoms with Gasteiger partial charge in [0, 0.05) is 6.20 Å². The molecule has 0 saturated heterocycles. The van der Waals surface area contributed by atoms with Gasteiger partial charge in [0.05, 0.1) is 31.2 Å². The summed E-state index contributed by atoms with van der Waals surface area (Å²) in [5, 5.41) is 13.5. The highest BCUT2D eigenvalue weighted by Crippen LogP contribution is 2.36. The Bertz CT molecular complexity index is 542. The lowest BCUT2D eigenvalue weighted by Gasteiger charge is -2.26. The first-order valence-electron chi connectivity index (χ1n) is 7.68. The van der Waals surface area contributed by atoms with E-state index >= 15 is 0 Å². The number of hydrogen-bond acceptors (Lipinski definition) is 4. The molecule has 1 N–H and O–H groups in total. The summed E-state index contributed by atoms with van der Waals surface area (Å²) in [6, 6.07) is 0. The lowest BCUT2D eigenvalue weighted by atomic mass is 9.79. The van der Waals surface area contributed by atoms with E-state index in [0.717, 1.165) is 31.2 Å². The van der Waals surface area contributed by atoms with Gasteiger partial charge in [0.2, 0.25) is 0 Å². The number of ether oxygens (including phenoxy) is 1. The number of carboxylic acids is 1. The van der Waals surface area contributed by atoms with Crippen molar-refractivity contribution in [2.24, 2.45) is 5.92 Å². The maximum absolute atomic E-state index is 11.5. The third-order valence-corrected chi connectivity index (χ3v) is 4.58. The number of carbonyl (C=O) groups is 2. The summed E-state index contributed by atoms with van der Waals surface area (Å²) in [6.45, 7) is 3.89. The zero-order valence-corrected chi connectivity index (χ0v) is 13.4. The van der Waals surface area contributed by atoms with Gasteiger partial charge in [-0.25, -0.2) is 0 Å². The molecule has 0 bridgehead atoms. The van der Waals surface area contributed by atoms with Gasteiger partial charge in [0.25, 0.3) is 0 Å². The largest absolute Gasteiger partial charge is 0.481 e. The van der Waals surface area contributed by atoms with Crippen molar-refractivity contribution in [3.8, 4) is 0 Å². The second kappa shape index (κ2) is 6.50. The summed E-state index contributed by atoms with van der Waals surface area (Å²) in [5.41, 5.74) is 0.686. The third-order valence-electron chi connectivity index (χ3n) is 4.58. The molecule has 1 aliphatic carbocycles. The van der Waals surface area contributed by atoms with E-state index in [4.69, 9.17) is 9.84 Å². The Hall–Kier alpha value is -1.85. The minimum atomic E-state index is -0.687. The van der Waals surface area contributed by atoms with Gasteiger partial charge in [-0.15, -0.1) is 0 Å². The molecule has 122 valence electrons. The van der Waals surface area contributed by atoms with Crippen molar-refractivity contribution in [2.75, 3.05) is 7.11 Å². The second-order valence-electron chi connectivity index (χ2n) is 6.67. The molecule has 6 nitrogen and oxygen atoms in total. The van der Waals surface area contributed by atoms with Crippen LogP contribution in [-0.4, -0.2) is 33.9 Å². The molecule has 1 fully saturated rings. The third kappa shape index (κ3) is 3.67. The predicted octanol–water partition coefficient (Wildman–Crippen LogP) is 2.54. The van der Waals surface area contributed by atoms with E-state index in [1.165, 1.54) is 7.11 Å². The van der Waals surface area contributed by atoms with Gasteiger partial charge in [-0.05, 0) is 51.0 Å². The first-order chi connectivity index (χ1) is 10.3. The molecule has 6 heteroatoms. The van der Waals surface area contributed by atoms with Crippen molar-refractivity contribution in [1.29, 1.82) is 0 Å². The Kier molecular flexibility index (Phi) is 4.88. The van der Waals surface area contributed by atoms with Crippen LogP contribution in [0, 0.1) is 5.92 Å². The predicted molar refractivity (Wildman–Crippen MR) is 80.5 cm³/mol. The molecule has 0 amide bonds. The minimum Gasteiger partial charge on any atom is -0.481 e. The lowest BCUT2D eigenvalue weighted by molar-refractivity contribution is -0.143. The van der Waals surface area contributed by atoms with Crippen molar-refractivity contribution in [1.82, 2.24) is 9.78 Å². The van der Waals surface area contributed by atoms with Gasteiger partial charge in [-0.3, -0.25) is 14.3 Å². The maximum atomic E-state index is 11.5. The summed E-state index contributed by atoms with van der Waals surface area (Å²) in [4.78, 5) is 22.5. The number of carboxylic acid groups (broad SMARTS) is 1. The fourth-order valence-corrected chi connectivity index (χ4v) is 3.06. The molecule has 0 atom stereocenters. The van der Waals surface area contributed by atoms with E-state index in [2.05, 4.69) is 5.10 Å². The zero-order chi connectivity index (χ0) is 16.3. The molecular weight excluding hydrogens is 284 g/mol. The molecule has 0 spiro atoms. The van der Waals surface area contributed by atoms with Crippen LogP contribution in [0.5, 0.6) is 0 Å². The Morgan fingerprint density at radius 3 is 2.55 bits per heavy atom. The number of nitrogens with zero attached hydrogens (tertiary/aromatic N) is 2. The number of methoxy groups -OCH3 is 1. The maximum Gasteiger partial charge on any atom is 0.307 e. The Morgan fingerprint density at radius 2 is 2.00 bits per heavy atom. The summed E-state index contributed by atoms with van der Waals surface area (Å²) >= 11 is 0. The van der Waals surface area contributed by atoms with Crippen LogP contribution in [0.2, 0.25) is 0 Å². The van der Waals surface area contributed by atoms with E-state index in [9.17, 15) is 9.59 Å². The number of aliphatic carboxylic acids is 1. The summed E-state index contributed by atoms with van der Waals surface area (Å²) < 4.78 is 6.54. The van der Waals surface area contributed by atoms with Crippen LogP contribution in [0.1, 0.15) is 57.4 Å². The highest BCUT2D eigenvalue weighted by molar-refractivity contribution is 5.70. The van der Waals surface area contributed by atoms with Crippen LogP contribution in [0.25, 0.3) is 0 Å². The minimum absolute atomic E-state index is 0.206. The van der Waals surface area contributed by atoms with E-state index in [1.807, 2.05) is 30.9 Å². The van der Waals surface area contributed by atoms with Crippen molar-refractivity contribution in [3.63, 3.8) is 0 Å². The van der Waals surface area contributed by atoms with Crippen LogP contribution < -0.4 is 0 Å². The van der Waals surface area contributed by atoms with Gasteiger partial charge >= 0.3 is 11.9 Å². The molecule has 0 unspecified atom stereocenters. The van der Waals surface area contributed by atoms with Gasteiger partial charge in [-0.2, -0.15) is 5.10 Å². The van der Waals surface area contributed by atoms with Gasteiger partial charge in [0.1, 0.15) is 0 Å². The molecule has 1 aromatic heterocycles. The molecule has 22 heavy (non-hydrogen) atoms. The van der Waals surface area contributed by atoms with E-state index in [0.29, 0.717) is 5.92 Å². The number of carbonyl (C=O) groups excluding carboxylic acids is 1. The molecule has 1 saturated carbocycles. The van der Waals surface area contributed by atoms with Crippen LogP contribution >= 0.6 is 0 Å². The molecule has 1 aromatic rings. The van der Waals surface area contributed by atoms with Crippen LogP contribution in [0.15, 0.2) is 12.4 Å². The Labute approximate surface area is 130 Å². The van der Waals surface area contributed by atoms with E-state index < -0.39 is 11.5 Å². The zero-order valence-electron chi connectivity index (χ0n) is 13.4. The molecule has 0 aromatic carbocycles. The molecule has 0 radical (unpaired) electrons. The quantitative estimate of drug-likeness (QED) is 0.845. The normalized spacial score (nSPS) is 22.3. The molecular formula is C16H24N2O4. The monoisotopic (exact) mass is 308 g/mol. The number of aromatic nitrogens is 2. The topological polar surface area (TPSA) is 81.4 Å². The highest BCUT2D eigenvalue weighted by atomic mass is 16.5. The molecule has 2 rings (SSSR count). The molecule has 0 aliphatic heterocycles. The SMILES string of the molecule is COC(=O)CC(C)(C)n1cc(C2CCC(C(=O)O)CC2)cn1. The van der Waals surface area contributed by atoms with Crippen LogP contribution in [0.4, 0.5) is 0 Å². The van der Waals surface area contributed by atoms with Gasteiger partial charge in [-0.1, -0.05) is 0 Å². The van der Waals surface area contributed by atoms with Gasteiger partial charge < -0.3 is 9.84 Å². The first kappa shape index (κ1) is 16.5. The lowest BCUT2D eigenvalue weighted by Crippen LogP contribution is -2.30. The van der Waals surface area contributed by atoms with E-state index in [-0.39, 0.29) is 18.3 Å². The van der Waals surface area contributed by atoms with Crippen molar-refractivity contribution < 1.29 is 19.4 Å². The molecule has 1 heterocycles. The fourth-order valence-electron chi connectivity index (χ4n) is 3.06. The van der Waals surface area contributed by atoms with E-state index in [1.54, 1.807) is 0 Å². The second-order valence-corrected chi connectivity index (χ2v) is 6.67. The van der Waals surface area contributed by atoms with Crippen LogP contribution in [0.3, 0.4) is 0 Å². The fraction of sp³-hybridized carbons (Fsp3) is 0.688. The van der Waals surface area contributed by atoms with Crippen LogP contribution in [-0.2, 0) is 19.9 Å². The standard InChI is InChI=1S/C16H24N2O4/c1-16(2,8-14(19)22-3)18-10-13(9-17-18)11-4-6-12(7-5-11)15(20)21/h9-12H,4-8H2,1-3H3,(H,20,21). The average Bonchev–Trinajstić information content (AvgIpc) is 2.97. The highest BCUT2D eigenvalue weighted by Gasteiger charge is 2.29. The summed E-state index contributed by atoms with van der Waals surface area (Å²) in [6.07, 6.45) is 7.27. The Balaban J connectivity index is 2.03. The molecule has 1 aliphatic rings. The van der Waals surface area contributed by atoms with Crippen molar-refractivity contribution >= 4 is 11.9 Å². The van der Waals surface area contributed by atoms with Crippen molar-refractivity contribution in [2.45, 2.75) is 57.4 Å². The first-order valence-corrected chi connectivity index (χ1v) is 7.68.